The molecular weight excluding hydrogens is 321 g/mol. The monoisotopic (exact) mass is 339 g/mol. The predicted octanol–water partition coefficient (Wildman–Crippen LogP) is 3.72. The summed E-state index contributed by atoms with van der Waals surface area (Å²) < 4.78 is 16.9. The van der Waals surface area contributed by atoms with Gasteiger partial charge in [0.2, 0.25) is 0 Å². The molecule has 1 heterocycles. The fraction of sp³-hybridized carbons (Fsp3) is 0.400. The van der Waals surface area contributed by atoms with Gasteiger partial charge in [0.1, 0.15) is 5.82 Å². The Bertz CT molecular complexity index is 595. The lowest BCUT2D eigenvalue weighted by Crippen LogP contribution is -2.24. The molecule has 0 fully saturated rings. The highest BCUT2D eigenvalue weighted by molar-refractivity contribution is 9.10. The van der Waals surface area contributed by atoms with Crippen molar-refractivity contribution in [3.05, 3.63) is 51.5 Å². The van der Waals surface area contributed by atoms with Gasteiger partial charge >= 0.3 is 0 Å². The van der Waals surface area contributed by atoms with Crippen molar-refractivity contribution >= 4 is 15.9 Å². The molecule has 1 N–H and O–H groups in total. The van der Waals surface area contributed by atoms with E-state index in [0.717, 1.165) is 28.7 Å². The summed E-state index contributed by atoms with van der Waals surface area (Å²) in [5.74, 6) is -0.204. The van der Waals surface area contributed by atoms with Crippen LogP contribution in [0.3, 0.4) is 0 Å². The van der Waals surface area contributed by atoms with Gasteiger partial charge in [0.25, 0.3) is 0 Å². The minimum Gasteiger partial charge on any atom is -0.306 e. The van der Waals surface area contributed by atoms with Crippen molar-refractivity contribution in [2.24, 2.45) is 7.05 Å². The highest BCUT2D eigenvalue weighted by Crippen LogP contribution is 2.28. The van der Waals surface area contributed by atoms with Gasteiger partial charge in [0, 0.05) is 28.3 Å². The number of aromatic nitrogens is 2. The molecule has 0 aliphatic heterocycles. The zero-order valence-corrected chi connectivity index (χ0v) is 13.5. The first-order valence-corrected chi connectivity index (χ1v) is 7.50. The van der Waals surface area contributed by atoms with Gasteiger partial charge in [-0.2, -0.15) is 5.10 Å². The van der Waals surface area contributed by atoms with Crippen LogP contribution in [0.15, 0.2) is 28.9 Å². The molecule has 0 bridgehead atoms. The van der Waals surface area contributed by atoms with E-state index in [2.05, 4.69) is 33.3 Å². The number of nitrogens with one attached hydrogen (secondary N) is 1. The van der Waals surface area contributed by atoms with Crippen LogP contribution in [-0.4, -0.2) is 16.3 Å². The fourth-order valence-electron chi connectivity index (χ4n) is 2.21. The fourth-order valence-corrected chi connectivity index (χ4v) is 2.59. The van der Waals surface area contributed by atoms with Crippen molar-refractivity contribution in [1.29, 1.82) is 0 Å². The van der Waals surface area contributed by atoms with E-state index in [-0.39, 0.29) is 11.9 Å². The summed E-state index contributed by atoms with van der Waals surface area (Å²) in [5, 5.41) is 7.68. The maximum absolute atomic E-state index is 14.2. The Morgan fingerprint density at radius 3 is 2.75 bits per heavy atom. The number of benzene rings is 1. The topological polar surface area (TPSA) is 29.9 Å². The van der Waals surface area contributed by atoms with E-state index >= 15 is 0 Å². The number of hydrogen-bond donors (Lipinski definition) is 1. The van der Waals surface area contributed by atoms with Crippen LogP contribution in [0.2, 0.25) is 0 Å². The number of hydrogen-bond acceptors (Lipinski definition) is 2. The number of nitrogens with zero attached hydrogens (tertiary/aromatic N) is 2. The van der Waals surface area contributed by atoms with Crippen LogP contribution in [0.4, 0.5) is 4.39 Å². The molecule has 0 aliphatic rings. The largest absolute Gasteiger partial charge is 0.306 e. The number of aryl methyl sites for hydroxylation is 1. The van der Waals surface area contributed by atoms with Crippen LogP contribution in [-0.2, 0) is 7.05 Å². The molecule has 1 aromatic carbocycles. The van der Waals surface area contributed by atoms with Gasteiger partial charge in [-0.05, 0) is 38.1 Å². The first kappa shape index (κ1) is 15.2. The van der Waals surface area contributed by atoms with Crippen molar-refractivity contribution in [3.63, 3.8) is 0 Å². The summed E-state index contributed by atoms with van der Waals surface area (Å²) in [5.41, 5.74) is 2.69. The summed E-state index contributed by atoms with van der Waals surface area (Å²) in [7, 11) is 1.90. The van der Waals surface area contributed by atoms with E-state index in [1.165, 1.54) is 6.07 Å². The van der Waals surface area contributed by atoms with E-state index in [1.54, 1.807) is 6.07 Å². The normalized spacial score (nSPS) is 12.7. The molecule has 0 amide bonds. The Morgan fingerprint density at radius 2 is 2.15 bits per heavy atom. The van der Waals surface area contributed by atoms with E-state index in [4.69, 9.17) is 0 Å². The average molecular weight is 340 g/mol. The standard InChI is InChI=1S/C15H19BrFN3/c1-4-7-18-15(13-9-19-20(3)10(13)2)12-8-11(16)5-6-14(12)17/h5-6,8-9,15,18H,4,7H2,1-3H3. The van der Waals surface area contributed by atoms with Crippen molar-refractivity contribution in [2.75, 3.05) is 6.54 Å². The van der Waals surface area contributed by atoms with E-state index in [1.807, 2.05) is 30.9 Å². The third kappa shape index (κ3) is 3.10. The molecule has 0 aliphatic carbocycles. The molecule has 1 unspecified atom stereocenters. The molecule has 2 rings (SSSR count). The quantitative estimate of drug-likeness (QED) is 0.899. The molecule has 1 atom stereocenters. The molecule has 108 valence electrons. The first-order chi connectivity index (χ1) is 9.54. The summed E-state index contributed by atoms with van der Waals surface area (Å²) in [4.78, 5) is 0. The van der Waals surface area contributed by atoms with Crippen LogP contribution in [0.25, 0.3) is 0 Å². The minimum absolute atomic E-state index is 0.179. The second-order valence-corrected chi connectivity index (χ2v) is 5.78. The van der Waals surface area contributed by atoms with E-state index in [0.29, 0.717) is 5.56 Å². The Labute approximate surface area is 127 Å². The van der Waals surface area contributed by atoms with Gasteiger partial charge in [-0.1, -0.05) is 22.9 Å². The van der Waals surface area contributed by atoms with Crippen LogP contribution >= 0.6 is 15.9 Å². The molecule has 3 nitrogen and oxygen atoms in total. The molecule has 1 aromatic heterocycles. The van der Waals surface area contributed by atoms with Crippen LogP contribution in [0.5, 0.6) is 0 Å². The van der Waals surface area contributed by atoms with Gasteiger partial charge in [-0.3, -0.25) is 4.68 Å². The van der Waals surface area contributed by atoms with Gasteiger partial charge in [-0.25, -0.2) is 4.39 Å². The Morgan fingerprint density at radius 1 is 1.40 bits per heavy atom. The average Bonchev–Trinajstić information content (AvgIpc) is 2.75. The maximum Gasteiger partial charge on any atom is 0.128 e. The highest BCUT2D eigenvalue weighted by atomic mass is 79.9. The van der Waals surface area contributed by atoms with Crippen molar-refractivity contribution < 1.29 is 4.39 Å². The second kappa shape index (κ2) is 6.50. The van der Waals surface area contributed by atoms with Crippen LogP contribution in [0, 0.1) is 12.7 Å². The summed E-state index contributed by atoms with van der Waals surface area (Å²) in [6.07, 6.45) is 2.80. The predicted molar refractivity (Wildman–Crippen MR) is 82.2 cm³/mol. The molecule has 5 heteroatoms. The summed E-state index contributed by atoms with van der Waals surface area (Å²) in [6, 6.07) is 4.85. The third-order valence-corrected chi connectivity index (χ3v) is 3.94. The molecule has 0 radical (unpaired) electrons. The lowest BCUT2D eigenvalue weighted by molar-refractivity contribution is 0.544. The Hall–Kier alpha value is -1.20. The minimum atomic E-state index is -0.204. The molecular formula is C15H19BrFN3. The Balaban J connectivity index is 2.47. The van der Waals surface area contributed by atoms with Gasteiger partial charge < -0.3 is 5.32 Å². The van der Waals surface area contributed by atoms with Crippen molar-refractivity contribution in [2.45, 2.75) is 26.3 Å². The summed E-state index contributed by atoms with van der Waals surface area (Å²) in [6.45, 7) is 4.92. The maximum atomic E-state index is 14.2. The smallest absolute Gasteiger partial charge is 0.128 e. The van der Waals surface area contributed by atoms with Crippen LogP contribution in [0.1, 0.15) is 36.2 Å². The van der Waals surface area contributed by atoms with Gasteiger partial charge in [0.15, 0.2) is 0 Å². The Kier molecular flexibility index (Phi) is 4.94. The molecule has 20 heavy (non-hydrogen) atoms. The van der Waals surface area contributed by atoms with E-state index in [9.17, 15) is 4.39 Å². The molecule has 0 spiro atoms. The molecule has 2 aromatic rings. The number of rotatable bonds is 5. The summed E-state index contributed by atoms with van der Waals surface area (Å²) >= 11 is 3.41. The lowest BCUT2D eigenvalue weighted by atomic mass is 9.98. The highest BCUT2D eigenvalue weighted by Gasteiger charge is 2.21. The first-order valence-electron chi connectivity index (χ1n) is 6.71. The molecule has 0 saturated carbocycles. The SMILES string of the molecule is CCCNC(c1cc(Br)ccc1F)c1cnn(C)c1C. The lowest BCUT2D eigenvalue weighted by Gasteiger charge is -2.20. The van der Waals surface area contributed by atoms with Crippen molar-refractivity contribution in [3.8, 4) is 0 Å². The van der Waals surface area contributed by atoms with Gasteiger partial charge in [0.05, 0.1) is 12.2 Å². The third-order valence-electron chi connectivity index (χ3n) is 3.45. The van der Waals surface area contributed by atoms with E-state index < -0.39 is 0 Å². The molecule has 0 saturated heterocycles. The second-order valence-electron chi connectivity index (χ2n) is 4.86. The van der Waals surface area contributed by atoms with Crippen molar-refractivity contribution in [1.82, 2.24) is 15.1 Å². The zero-order valence-electron chi connectivity index (χ0n) is 12.0. The van der Waals surface area contributed by atoms with Gasteiger partial charge in [-0.15, -0.1) is 0 Å². The van der Waals surface area contributed by atoms with Crippen LogP contribution < -0.4 is 5.32 Å². The number of halogens is 2. The zero-order chi connectivity index (χ0) is 14.7.